The van der Waals surface area contributed by atoms with Crippen molar-refractivity contribution in [2.24, 2.45) is 0 Å². The largest absolute Gasteiger partial charge is 0.466 e. The lowest BCUT2D eigenvalue weighted by atomic mass is 10.1. The van der Waals surface area contributed by atoms with Crippen molar-refractivity contribution in [3.8, 4) is 0 Å². The van der Waals surface area contributed by atoms with Crippen molar-refractivity contribution in [1.29, 1.82) is 0 Å². The van der Waals surface area contributed by atoms with Gasteiger partial charge in [-0.05, 0) is 21.0 Å². The van der Waals surface area contributed by atoms with Crippen molar-refractivity contribution < 1.29 is 44.6 Å². The van der Waals surface area contributed by atoms with Gasteiger partial charge in [-0.15, -0.1) is 0 Å². The molecule has 0 aromatic rings. The van der Waals surface area contributed by atoms with Gasteiger partial charge >= 0.3 is 26.8 Å². The molecule has 13 heteroatoms. The van der Waals surface area contributed by atoms with Crippen LogP contribution in [-0.2, 0) is 30.3 Å². The summed E-state index contributed by atoms with van der Waals surface area (Å²) in [6, 6.07) is 0.0300. The van der Waals surface area contributed by atoms with Crippen LogP contribution in [0.5, 0.6) is 0 Å². The Labute approximate surface area is 123 Å². The van der Waals surface area contributed by atoms with Crippen molar-refractivity contribution >= 4 is 26.8 Å². The third-order valence-corrected chi connectivity index (χ3v) is 1.73. The van der Waals surface area contributed by atoms with Gasteiger partial charge in [0.2, 0.25) is 0 Å². The second-order valence-electron chi connectivity index (χ2n) is 3.55. The highest BCUT2D eigenvalue weighted by Crippen LogP contribution is 2.05. The molecular weight excluding hydrogens is 334 g/mol. The molecule has 0 saturated heterocycles. The summed E-state index contributed by atoms with van der Waals surface area (Å²) < 4.78 is 67.7. The van der Waals surface area contributed by atoms with E-state index >= 15 is 0 Å². The van der Waals surface area contributed by atoms with E-state index in [1.807, 2.05) is 25.9 Å². The minimum absolute atomic E-state index is 0.0300. The summed E-state index contributed by atoms with van der Waals surface area (Å²) in [5.41, 5.74) is 0.484. The minimum Gasteiger partial charge on any atom is -0.466 e. The molecule has 0 aliphatic carbocycles. The number of ether oxygens (including phenoxy) is 1. The zero-order valence-corrected chi connectivity index (χ0v) is 13.4. The van der Waals surface area contributed by atoms with Gasteiger partial charge in [-0.2, -0.15) is 16.8 Å². The lowest BCUT2D eigenvalue weighted by Crippen LogP contribution is -2.30. The van der Waals surface area contributed by atoms with E-state index in [0.29, 0.717) is 5.57 Å². The SMILES string of the molecule is C=C(C(=O)OC)C(C)N(C)C.O=S(=O)(O)O.O=S(=O)(O)O. The summed E-state index contributed by atoms with van der Waals surface area (Å²) in [6.07, 6.45) is 0. The van der Waals surface area contributed by atoms with Crippen LogP contribution in [0.1, 0.15) is 6.92 Å². The van der Waals surface area contributed by atoms with Gasteiger partial charge in [-0.1, -0.05) is 6.58 Å². The molecule has 0 rings (SSSR count). The fraction of sp³-hybridized carbons (Fsp3) is 0.625. The average Bonchev–Trinajstić information content (AvgIpc) is 2.21. The first-order valence-electron chi connectivity index (χ1n) is 4.84. The Morgan fingerprint density at radius 2 is 1.29 bits per heavy atom. The predicted octanol–water partition coefficient (Wildman–Crippen LogP) is -0.640. The molecule has 0 heterocycles. The third-order valence-electron chi connectivity index (χ3n) is 1.73. The maximum atomic E-state index is 10.9. The van der Waals surface area contributed by atoms with Crippen LogP contribution in [0.3, 0.4) is 0 Å². The van der Waals surface area contributed by atoms with Crippen molar-refractivity contribution in [3.05, 3.63) is 12.2 Å². The fourth-order valence-electron chi connectivity index (χ4n) is 0.613. The predicted molar refractivity (Wildman–Crippen MR) is 72.7 cm³/mol. The molecule has 21 heavy (non-hydrogen) atoms. The lowest BCUT2D eigenvalue weighted by molar-refractivity contribution is -0.136. The van der Waals surface area contributed by atoms with Crippen LogP contribution in [0.2, 0.25) is 0 Å². The Morgan fingerprint density at radius 3 is 1.43 bits per heavy atom. The standard InChI is InChI=1S/C8H15NO2.2H2O4S/c1-6(8(10)11-5)7(2)9(3)4;2*1-5(2,3)4/h7H,1H2,2-5H3;2*(H2,1,2,3,4). The molecule has 1 atom stereocenters. The Bertz CT molecular complexity index is 475. The summed E-state index contributed by atoms with van der Waals surface area (Å²) in [4.78, 5) is 12.8. The van der Waals surface area contributed by atoms with Gasteiger partial charge in [0.25, 0.3) is 0 Å². The molecule has 128 valence electrons. The maximum Gasteiger partial charge on any atom is 0.394 e. The fourth-order valence-corrected chi connectivity index (χ4v) is 0.613. The van der Waals surface area contributed by atoms with E-state index in [0.717, 1.165) is 0 Å². The van der Waals surface area contributed by atoms with E-state index in [4.69, 9.17) is 35.0 Å². The summed E-state index contributed by atoms with van der Waals surface area (Å²) in [5.74, 6) is -0.341. The van der Waals surface area contributed by atoms with Crippen LogP contribution in [0.15, 0.2) is 12.2 Å². The topological polar surface area (TPSA) is 179 Å². The zero-order valence-electron chi connectivity index (χ0n) is 11.8. The number of nitrogens with zero attached hydrogens (tertiary/aromatic N) is 1. The molecule has 0 radical (unpaired) electrons. The molecule has 0 aromatic carbocycles. The van der Waals surface area contributed by atoms with Crippen molar-refractivity contribution in [2.45, 2.75) is 13.0 Å². The highest BCUT2D eigenvalue weighted by Gasteiger charge is 2.15. The average molecular weight is 353 g/mol. The molecule has 0 saturated carbocycles. The first-order valence-corrected chi connectivity index (χ1v) is 7.63. The Hall–Kier alpha value is -1.09. The van der Waals surface area contributed by atoms with Crippen LogP contribution in [0.4, 0.5) is 0 Å². The first-order chi connectivity index (χ1) is 9.00. The maximum absolute atomic E-state index is 10.9. The van der Waals surface area contributed by atoms with Gasteiger partial charge in [0.05, 0.1) is 7.11 Å². The van der Waals surface area contributed by atoms with Crippen LogP contribution in [0.25, 0.3) is 0 Å². The highest BCUT2D eigenvalue weighted by molar-refractivity contribution is 7.80. The molecule has 0 aliphatic rings. The second kappa shape index (κ2) is 10.6. The summed E-state index contributed by atoms with van der Waals surface area (Å²) in [6.45, 7) is 5.53. The Kier molecular flexibility index (Phi) is 12.6. The van der Waals surface area contributed by atoms with Crippen molar-refractivity contribution in [3.63, 3.8) is 0 Å². The Balaban J connectivity index is -0.000000270. The number of methoxy groups -OCH3 is 1. The van der Waals surface area contributed by atoms with Gasteiger partial charge in [0.15, 0.2) is 0 Å². The minimum atomic E-state index is -4.67. The van der Waals surface area contributed by atoms with Gasteiger partial charge in [0, 0.05) is 11.6 Å². The van der Waals surface area contributed by atoms with Gasteiger partial charge in [0.1, 0.15) is 0 Å². The van der Waals surface area contributed by atoms with E-state index in [1.54, 1.807) is 0 Å². The van der Waals surface area contributed by atoms with E-state index < -0.39 is 20.8 Å². The van der Waals surface area contributed by atoms with E-state index in [2.05, 4.69) is 11.3 Å². The summed E-state index contributed by atoms with van der Waals surface area (Å²) in [7, 11) is -4.20. The second-order valence-corrected chi connectivity index (χ2v) is 5.34. The van der Waals surface area contributed by atoms with Crippen molar-refractivity contribution in [1.82, 2.24) is 4.90 Å². The number of carbonyl (C=O) groups is 1. The normalized spacial score (nSPS) is 12.2. The molecule has 0 fully saturated rings. The van der Waals surface area contributed by atoms with Gasteiger partial charge in [-0.3, -0.25) is 18.2 Å². The van der Waals surface area contributed by atoms with E-state index in [9.17, 15) is 4.79 Å². The monoisotopic (exact) mass is 353 g/mol. The first kappa shape index (κ1) is 24.9. The lowest BCUT2D eigenvalue weighted by Gasteiger charge is -2.20. The van der Waals surface area contributed by atoms with Crippen molar-refractivity contribution in [2.75, 3.05) is 21.2 Å². The molecule has 0 spiro atoms. The number of hydrogen-bond acceptors (Lipinski definition) is 7. The van der Waals surface area contributed by atoms with Gasteiger partial charge in [-0.25, -0.2) is 4.79 Å². The zero-order chi connectivity index (χ0) is 18.0. The molecular formula is C8H19NO10S2. The molecule has 0 aromatic heterocycles. The number of carbonyl (C=O) groups excluding carboxylic acids is 1. The van der Waals surface area contributed by atoms with Crippen LogP contribution in [-0.4, -0.2) is 73.2 Å². The number of esters is 1. The number of hydrogen-bond donors (Lipinski definition) is 4. The molecule has 0 amide bonds. The molecule has 0 aliphatic heterocycles. The highest BCUT2D eigenvalue weighted by atomic mass is 32.3. The summed E-state index contributed by atoms with van der Waals surface area (Å²) >= 11 is 0. The van der Waals surface area contributed by atoms with Crippen LogP contribution >= 0.6 is 0 Å². The number of likely N-dealkylation sites (N-methyl/N-ethyl adjacent to an activating group) is 1. The third kappa shape index (κ3) is 32.4. The van der Waals surface area contributed by atoms with Crippen LogP contribution < -0.4 is 0 Å². The van der Waals surface area contributed by atoms with Gasteiger partial charge < -0.3 is 9.64 Å². The molecule has 4 N–H and O–H groups in total. The molecule has 0 bridgehead atoms. The molecule has 1 unspecified atom stereocenters. The summed E-state index contributed by atoms with van der Waals surface area (Å²) in [5, 5.41) is 0. The van der Waals surface area contributed by atoms with Crippen LogP contribution in [0, 0.1) is 0 Å². The Morgan fingerprint density at radius 1 is 1.05 bits per heavy atom. The van der Waals surface area contributed by atoms with E-state index in [-0.39, 0.29) is 12.0 Å². The number of rotatable bonds is 3. The van der Waals surface area contributed by atoms with E-state index in [1.165, 1.54) is 7.11 Å². The quantitative estimate of drug-likeness (QED) is 0.288. The molecule has 11 nitrogen and oxygen atoms in total. The smallest absolute Gasteiger partial charge is 0.394 e.